The van der Waals surface area contributed by atoms with Crippen LogP contribution in [0.5, 0.6) is 0 Å². The van der Waals surface area contributed by atoms with E-state index in [1.54, 1.807) is 6.20 Å². The molecule has 8 nitrogen and oxygen atoms in total. The Morgan fingerprint density at radius 1 is 0.917 bits per heavy atom. The number of H-pyrrole nitrogens is 1. The van der Waals surface area contributed by atoms with Gasteiger partial charge in [0.25, 0.3) is 0 Å². The number of hydrogen-bond donors (Lipinski definition) is 1. The molecule has 0 aliphatic rings. The second kappa shape index (κ2) is 10.5. The summed E-state index contributed by atoms with van der Waals surface area (Å²) in [5.74, 6) is 0.502. The number of aromatic amines is 1. The number of nitrogens with zero attached hydrogens (tertiary/aromatic N) is 6. The van der Waals surface area contributed by atoms with Crippen molar-refractivity contribution in [1.29, 1.82) is 0 Å². The first-order valence-corrected chi connectivity index (χ1v) is 12.4. The van der Waals surface area contributed by atoms with Gasteiger partial charge in [-0.2, -0.15) is 5.21 Å². The number of rotatable bonds is 9. The number of imidazole rings is 1. The van der Waals surface area contributed by atoms with Crippen LogP contribution in [0.3, 0.4) is 0 Å². The molecule has 0 radical (unpaired) electrons. The molecule has 8 heteroatoms. The van der Waals surface area contributed by atoms with Crippen molar-refractivity contribution in [3.05, 3.63) is 100 Å². The van der Waals surface area contributed by atoms with Crippen molar-refractivity contribution in [2.75, 3.05) is 0 Å². The molecule has 0 unspecified atom stereocenters. The number of tetrazole rings is 1. The van der Waals surface area contributed by atoms with Crippen molar-refractivity contribution in [3.63, 3.8) is 0 Å². The molecule has 2 aromatic carbocycles. The highest BCUT2D eigenvalue weighted by atomic mass is 16.1. The van der Waals surface area contributed by atoms with Crippen molar-refractivity contribution in [1.82, 2.24) is 34.7 Å². The molecule has 0 atom stereocenters. The Hall–Kier alpha value is -4.33. The standard InChI is InChI=1S/C28H29N7O/c1-3-8-21-10-5-6-12-25(21)35-19-23(9-4-2)34(28(35)36)18-20-13-15-22(16-14-20)26-24(11-7-17-29-26)27-30-32-33-31-27/h5-7,10-17,19H,3-4,8-9,18H2,1-2H3,(H,30,31,32,33). The molecule has 0 aliphatic carbocycles. The van der Waals surface area contributed by atoms with Crippen molar-refractivity contribution in [3.8, 4) is 28.3 Å². The van der Waals surface area contributed by atoms with Crippen molar-refractivity contribution >= 4 is 0 Å². The summed E-state index contributed by atoms with van der Waals surface area (Å²) >= 11 is 0. The zero-order chi connectivity index (χ0) is 24.9. The van der Waals surface area contributed by atoms with Crippen LogP contribution < -0.4 is 5.69 Å². The lowest BCUT2D eigenvalue weighted by molar-refractivity contribution is 0.691. The van der Waals surface area contributed by atoms with Gasteiger partial charge >= 0.3 is 5.69 Å². The Morgan fingerprint density at radius 2 is 1.72 bits per heavy atom. The lowest BCUT2D eigenvalue weighted by Gasteiger charge is -2.10. The first-order valence-electron chi connectivity index (χ1n) is 12.4. The summed E-state index contributed by atoms with van der Waals surface area (Å²) in [4.78, 5) is 18.1. The van der Waals surface area contributed by atoms with Gasteiger partial charge in [-0.3, -0.25) is 14.1 Å². The van der Waals surface area contributed by atoms with Gasteiger partial charge in [-0.05, 0) is 47.4 Å². The number of aryl methyl sites for hydroxylation is 2. The van der Waals surface area contributed by atoms with Gasteiger partial charge in [0.2, 0.25) is 5.82 Å². The number of hydrogen-bond acceptors (Lipinski definition) is 5. The smallest absolute Gasteiger partial charge is 0.292 e. The van der Waals surface area contributed by atoms with E-state index in [0.29, 0.717) is 12.4 Å². The Balaban J connectivity index is 1.47. The maximum Gasteiger partial charge on any atom is 0.333 e. The SMILES string of the molecule is CCCc1ccccc1-n1cc(CCC)n(Cc2ccc(-c3ncccc3-c3nn[nH]n3)cc2)c1=O. The third-order valence-corrected chi connectivity index (χ3v) is 6.30. The van der Waals surface area contributed by atoms with Crippen LogP contribution in [0.4, 0.5) is 0 Å². The van der Waals surface area contributed by atoms with E-state index in [1.165, 1.54) is 5.56 Å². The van der Waals surface area contributed by atoms with Crippen LogP contribution in [0.25, 0.3) is 28.3 Å². The van der Waals surface area contributed by atoms with Crippen LogP contribution in [-0.4, -0.2) is 34.7 Å². The van der Waals surface area contributed by atoms with Gasteiger partial charge in [0.05, 0.1) is 17.9 Å². The van der Waals surface area contributed by atoms with Gasteiger partial charge in [0.15, 0.2) is 0 Å². The molecule has 5 aromatic rings. The third-order valence-electron chi connectivity index (χ3n) is 6.30. The summed E-state index contributed by atoms with van der Waals surface area (Å²) in [6.07, 6.45) is 7.56. The number of nitrogens with one attached hydrogen (secondary N) is 1. The molecule has 3 aromatic heterocycles. The van der Waals surface area contributed by atoms with E-state index in [4.69, 9.17) is 0 Å². The molecule has 0 saturated carbocycles. The van der Waals surface area contributed by atoms with Crippen molar-refractivity contribution in [2.24, 2.45) is 0 Å². The third kappa shape index (κ3) is 4.62. The van der Waals surface area contributed by atoms with Gasteiger partial charge in [-0.15, -0.1) is 10.2 Å². The van der Waals surface area contributed by atoms with Crippen LogP contribution in [0.1, 0.15) is 43.5 Å². The summed E-state index contributed by atoms with van der Waals surface area (Å²) in [5, 5.41) is 14.4. The quantitative estimate of drug-likeness (QED) is 0.327. The minimum Gasteiger partial charge on any atom is -0.292 e. The van der Waals surface area contributed by atoms with Crippen molar-refractivity contribution < 1.29 is 0 Å². The monoisotopic (exact) mass is 479 g/mol. The minimum absolute atomic E-state index is 0.00445. The van der Waals surface area contributed by atoms with Gasteiger partial charge in [-0.25, -0.2) is 4.79 Å². The summed E-state index contributed by atoms with van der Waals surface area (Å²) in [5.41, 5.74) is 6.80. The molecule has 182 valence electrons. The molecular weight excluding hydrogens is 450 g/mol. The number of pyridine rings is 1. The highest BCUT2D eigenvalue weighted by Crippen LogP contribution is 2.27. The van der Waals surface area contributed by atoms with E-state index in [-0.39, 0.29) is 5.69 Å². The van der Waals surface area contributed by atoms with E-state index in [9.17, 15) is 4.79 Å². The largest absolute Gasteiger partial charge is 0.333 e. The summed E-state index contributed by atoms with van der Waals surface area (Å²) < 4.78 is 3.71. The number of aromatic nitrogens is 7. The zero-order valence-corrected chi connectivity index (χ0v) is 20.6. The Labute approximate surface area is 209 Å². The van der Waals surface area contributed by atoms with Crippen molar-refractivity contribution in [2.45, 2.75) is 46.1 Å². The molecule has 0 amide bonds. The summed E-state index contributed by atoms with van der Waals surface area (Å²) in [7, 11) is 0. The molecule has 0 fully saturated rings. The number of para-hydroxylation sites is 1. The van der Waals surface area contributed by atoms with Gasteiger partial charge < -0.3 is 0 Å². The highest BCUT2D eigenvalue weighted by Gasteiger charge is 2.16. The Morgan fingerprint density at radius 3 is 2.47 bits per heavy atom. The first kappa shape index (κ1) is 23.4. The number of benzene rings is 2. The summed E-state index contributed by atoms with van der Waals surface area (Å²) in [6.45, 7) is 4.81. The zero-order valence-electron chi connectivity index (χ0n) is 20.6. The molecular formula is C28H29N7O. The van der Waals surface area contributed by atoms with Crippen LogP contribution in [-0.2, 0) is 19.4 Å². The van der Waals surface area contributed by atoms with Crippen LogP contribution >= 0.6 is 0 Å². The molecule has 1 N–H and O–H groups in total. The van der Waals surface area contributed by atoms with Crippen LogP contribution in [0.2, 0.25) is 0 Å². The van der Waals surface area contributed by atoms with Crippen LogP contribution in [0, 0.1) is 0 Å². The molecule has 36 heavy (non-hydrogen) atoms. The molecule has 0 saturated heterocycles. The topological polar surface area (TPSA) is 94.3 Å². The molecule has 0 aliphatic heterocycles. The van der Waals surface area contributed by atoms with Gasteiger partial charge in [-0.1, -0.05) is 69.2 Å². The van der Waals surface area contributed by atoms with Gasteiger partial charge in [0.1, 0.15) is 0 Å². The maximum atomic E-state index is 13.6. The van der Waals surface area contributed by atoms with E-state index >= 15 is 0 Å². The van der Waals surface area contributed by atoms with E-state index in [2.05, 4.69) is 57.7 Å². The predicted octanol–water partition coefficient (Wildman–Crippen LogP) is 4.83. The second-order valence-electron chi connectivity index (χ2n) is 8.82. The van der Waals surface area contributed by atoms with E-state index in [1.807, 2.05) is 57.8 Å². The average molecular weight is 480 g/mol. The van der Waals surface area contributed by atoms with Gasteiger partial charge in [0, 0.05) is 29.2 Å². The lowest BCUT2D eigenvalue weighted by Crippen LogP contribution is -2.25. The fraction of sp³-hybridized carbons (Fsp3) is 0.250. The van der Waals surface area contributed by atoms with Crippen LogP contribution in [0.15, 0.2) is 77.9 Å². The second-order valence-corrected chi connectivity index (χ2v) is 8.82. The predicted molar refractivity (Wildman–Crippen MR) is 140 cm³/mol. The average Bonchev–Trinajstić information content (AvgIpc) is 3.55. The lowest BCUT2D eigenvalue weighted by atomic mass is 10.0. The minimum atomic E-state index is -0.00445. The molecule has 0 bridgehead atoms. The molecule has 5 rings (SSSR count). The van der Waals surface area contributed by atoms with E-state index in [0.717, 1.165) is 59.4 Å². The molecule has 0 spiro atoms. The first-order chi connectivity index (χ1) is 17.7. The maximum absolute atomic E-state index is 13.6. The molecule has 3 heterocycles. The Bertz CT molecular complexity index is 1500. The van der Waals surface area contributed by atoms with E-state index < -0.39 is 0 Å². The Kier molecular flexibility index (Phi) is 6.84. The fourth-order valence-electron chi connectivity index (χ4n) is 4.59. The normalized spacial score (nSPS) is 11.2. The fourth-order valence-corrected chi connectivity index (χ4v) is 4.59. The summed E-state index contributed by atoms with van der Waals surface area (Å²) in [6, 6.07) is 20.1. The highest BCUT2D eigenvalue weighted by molar-refractivity contribution is 5.76.